The zero-order chi connectivity index (χ0) is 13.9. The highest BCUT2D eigenvalue weighted by molar-refractivity contribution is 6.48. The molecule has 0 aromatic rings. The molecule has 1 saturated heterocycles. The van der Waals surface area contributed by atoms with E-state index in [0.29, 0.717) is 19.4 Å². The van der Waals surface area contributed by atoms with Crippen molar-refractivity contribution in [3.8, 4) is 0 Å². The van der Waals surface area contributed by atoms with Gasteiger partial charge in [-0.25, -0.2) is 4.79 Å². The van der Waals surface area contributed by atoms with Crippen molar-refractivity contribution >= 4 is 29.3 Å². The molecule has 1 aliphatic heterocycles. The molecular weight excluding hydrogens is 258 g/mol. The van der Waals surface area contributed by atoms with E-state index < -0.39 is 29.3 Å². The Bertz CT molecular complexity index is 362. The van der Waals surface area contributed by atoms with E-state index in [0.717, 1.165) is 0 Å². The lowest BCUT2D eigenvalue weighted by molar-refractivity contribution is -0.137. The van der Waals surface area contributed by atoms with Crippen LogP contribution in [0.25, 0.3) is 0 Å². The Kier molecular flexibility index (Phi) is 4.73. The Morgan fingerprint density at radius 3 is 2.44 bits per heavy atom. The van der Waals surface area contributed by atoms with Gasteiger partial charge in [0.1, 0.15) is 11.6 Å². The fourth-order valence-corrected chi connectivity index (χ4v) is 1.96. The Morgan fingerprint density at radius 1 is 1.33 bits per heavy atom. The molecule has 1 fully saturated rings. The number of ketones is 2. The molecule has 18 heavy (non-hydrogen) atoms. The fraction of sp³-hybridized carbons (Fsp3) is 0.750. The van der Waals surface area contributed by atoms with E-state index in [1.54, 1.807) is 20.8 Å². The number of hydrogen-bond donors (Lipinski definition) is 0. The molecule has 0 aliphatic carbocycles. The zero-order valence-electron chi connectivity index (χ0n) is 10.9. The van der Waals surface area contributed by atoms with Crippen molar-refractivity contribution in [1.29, 1.82) is 0 Å². The molecule has 5 nitrogen and oxygen atoms in total. The first kappa shape index (κ1) is 15.0. The van der Waals surface area contributed by atoms with E-state index in [2.05, 4.69) is 0 Å². The maximum absolute atomic E-state index is 11.9. The third-order valence-electron chi connectivity index (χ3n) is 2.58. The molecule has 1 atom stereocenters. The van der Waals surface area contributed by atoms with Gasteiger partial charge in [-0.15, -0.1) is 11.6 Å². The number of hydrogen-bond acceptors (Lipinski definition) is 4. The monoisotopic (exact) mass is 275 g/mol. The molecule has 6 heteroatoms. The van der Waals surface area contributed by atoms with Gasteiger partial charge in [0.15, 0.2) is 0 Å². The summed E-state index contributed by atoms with van der Waals surface area (Å²) < 4.78 is 5.21. The number of likely N-dealkylation sites (tertiary alicyclic amines) is 1. The van der Waals surface area contributed by atoms with Gasteiger partial charge in [0, 0.05) is 6.54 Å². The van der Waals surface area contributed by atoms with Crippen LogP contribution in [0.5, 0.6) is 0 Å². The Morgan fingerprint density at radius 2 is 1.94 bits per heavy atom. The van der Waals surface area contributed by atoms with Crippen LogP contribution in [0, 0.1) is 0 Å². The van der Waals surface area contributed by atoms with E-state index in [4.69, 9.17) is 16.3 Å². The van der Waals surface area contributed by atoms with Crippen molar-refractivity contribution < 1.29 is 19.1 Å². The van der Waals surface area contributed by atoms with Gasteiger partial charge >= 0.3 is 6.09 Å². The number of Topliss-reactive ketones (excluding diaryl/α,β-unsaturated/α-hetero) is 2. The topological polar surface area (TPSA) is 63.7 Å². The number of halogens is 1. The van der Waals surface area contributed by atoms with Gasteiger partial charge < -0.3 is 4.74 Å². The molecule has 0 radical (unpaired) electrons. The molecule has 0 aromatic carbocycles. The lowest BCUT2D eigenvalue weighted by Gasteiger charge is -2.27. The van der Waals surface area contributed by atoms with Crippen molar-refractivity contribution in [2.24, 2.45) is 0 Å². The summed E-state index contributed by atoms with van der Waals surface area (Å²) in [5.74, 6) is -1.61. The van der Waals surface area contributed by atoms with Crippen LogP contribution in [-0.4, -0.2) is 46.6 Å². The smallest absolute Gasteiger partial charge is 0.410 e. The molecule has 1 rings (SSSR count). The number of alkyl halides is 1. The van der Waals surface area contributed by atoms with Crippen molar-refractivity contribution in [3.05, 3.63) is 0 Å². The molecule has 0 saturated carbocycles. The molecule has 0 spiro atoms. The Labute approximate surface area is 111 Å². The van der Waals surface area contributed by atoms with Crippen molar-refractivity contribution in [2.75, 3.05) is 12.4 Å². The number of nitrogens with zero attached hydrogens (tertiary/aromatic N) is 1. The zero-order valence-corrected chi connectivity index (χ0v) is 11.6. The van der Waals surface area contributed by atoms with Crippen LogP contribution >= 0.6 is 11.6 Å². The number of ether oxygens (including phenoxy) is 1. The quantitative estimate of drug-likeness (QED) is 0.582. The summed E-state index contributed by atoms with van der Waals surface area (Å²) in [6.07, 6.45) is 0.618. The molecule has 0 unspecified atom stereocenters. The second-order valence-electron chi connectivity index (χ2n) is 5.25. The predicted molar refractivity (Wildman–Crippen MR) is 66.7 cm³/mol. The summed E-state index contributed by atoms with van der Waals surface area (Å²) in [7, 11) is 0. The number of amides is 1. The molecular formula is C12H18ClNO4. The highest BCUT2D eigenvalue weighted by Crippen LogP contribution is 2.21. The maximum Gasteiger partial charge on any atom is 0.410 e. The van der Waals surface area contributed by atoms with Crippen molar-refractivity contribution in [1.82, 2.24) is 4.90 Å². The summed E-state index contributed by atoms with van der Waals surface area (Å²) in [6.45, 7) is 5.69. The van der Waals surface area contributed by atoms with Crippen LogP contribution in [0.15, 0.2) is 0 Å². The second-order valence-corrected chi connectivity index (χ2v) is 5.52. The van der Waals surface area contributed by atoms with Crippen LogP contribution in [0.3, 0.4) is 0 Å². The summed E-state index contributed by atoms with van der Waals surface area (Å²) in [5, 5.41) is 0. The third kappa shape index (κ3) is 3.70. The van der Waals surface area contributed by atoms with Gasteiger partial charge in [0.25, 0.3) is 0 Å². The van der Waals surface area contributed by atoms with E-state index in [1.807, 2.05) is 0 Å². The maximum atomic E-state index is 11.9. The van der Waals surface area contributed by atoms with Gasteiger partial charge in [0.2, 0.25) is 11.6 Å². The normalized spacial score (nSPS) is 19.8. The molecule has 102 valence electrons. The van der Waals surface area contributed by atoms with Crippen LogP contribution in [0.4, 0.5) is 4.79 Å². The van der Waals surface area contributed by atoms with Crippen molar-refractivity contribution in [3.63, 3.8) is 0 Å². The largest absolute Gasteiger partial charge is 0.444 e. The van der Waals surface area contributed by atoms with E-state index in [9.17, 15) is 14.4 Å². The van der Waals surface area contributed by atoms with E-state index in [1.165, 1.54) is 4.90 Å². The minimum Gasteiger partial charge on any atom is -0.444 e. The van der Waals surface area contributed by atoms with Gasteiger partial charge in [-0.2, -0.15) is 0 Å². The van der Waals surface area contributed by atoms with Crippen LogP contribution in [-0.2, 0) is 14.3 Å². The van der Waals surface area contributed by atoms with Crippen LogP contribution < -0.4 is 0 Å². The Balaban J connectivity index is 2.73. The fourth-order valence-electron chi connectivity index (χ4n) is 1.83. The molecule has 1 heterocycles. The molecule has 1 aliphatic rings. The van der Waals surface area contributed by atoms with Gasteiger partial charge in [-0.05, 0) is 33.6 Å². The highest BCUT2D eigenvalue weighted by Gasteiger charge is 2.38. The average molecular weight is 276 g/mol. The lowest BCUT2D eigenvalue weighted by atomic mass is 10.1. The summed E-state index contributed by atoms with van der Waals surface area (Å²) >= 11 is 5.35. The standard InChI is InChI=1S/C12H18ClNO4/c1-12(2,3)18-11(17)14-6-4-5-8(14)10(16)9(15)7-13/h8H,4-7H2,1-3H3/t8-/m0/s1. The SMILES string of the molecule is CC(C)(C)OC(=O)N1CCC[C@H]1C(=O)C(=O)CCl. The van der Waals surface area contributed by atoms with Crippen LogP contribution in [0.1, 0.15) is 33.6 Å². The van der Waals surface area contributed by atoms with Gasteiger partial charge in [-0.1, -0.05) is 0 Å². The lowest BCUT2D eigenvalue weighted by Crippen LogP contribution is -2.45. The molecule has 0 aromatic heterocycles. The first-order valence-corrected chi connectivity index (χ1v) is 6.42. The minimum absolute atomic E-state index is 0.350. The number of carbonyl (C=O) groups is 3. The number of carbonyl (C=O) groups excluding carboxylic acids is 3. The average Bonchev–Trinajstić information content (AvgIpc) is 2.73. The summed E-state index contributed by atoms with van der Waals surface area (Å²) in [6, 6.07) is -0.717. The molecule has 0 bridgehead atoms. The van der Waals surface area contributed by atoms with Crippen molar-refractivity contribution in [2.45, 2.75) is 45.3 Å². The predicted octanol–water partition coefficient (Wildman–Crippen LogP) is 1.76. The van der Waals surface area contributed by atoms with Crippen LogP contribution in [0.2, 0.25) is 0 Å². The molecule has 0 N–H and O–H groups in total. The summed E-state index contributed by atoms with van der Waals surface area (Å²) in [4.78, 5) is 36.3. The molecule has 1 amide bonds. The van der Waals surface area contributed by atoms with E-state index >= 15 is 0 Å². The Hall–Kier alpha value is -1.10. The first-order valence-electron chi connectivity index (χ1n) is 5.89. The third-order valence-corrected chi connectivity index (χ3v) is 2.82. The first-order chi connectivity index (χ1) is 8.26. The highest BCUT2D eigenvalue weighted by atomic mass is 35.5. The summed E-state index contributed by atoms with van der Waals surface area (Å²) in [5.41, 5.74) is -0.621. The van der Waals surface area contributed by atoms with Gasteiger partial charge in [-0.3, -0.25) is 14.5 Å². The second kappa shape index (κ2) is 5.69. The van der Waals surface area contributed by atoms with E-state index in [-0.39, 0.29) is 5.88 Å². The number of rotatable bonds is 3. The van der Waals surface area contributed by atoms with Gasteiger partial charge in [0.05, 0.1) is 5.88 Å². The minimum atomic E-state index is -0.717.